The van der Waals surface area contributed by atoms with Crippen molar-refractivity contribution in [1.82, 2.24) is 0 Å². The Labute approximate surface area is 144 Å². The maximum atomic E-state index is 4.64. The molecule has 1 N–H and O–H groups in total. The number of anilines is 1. The summed E-state index contributed by atoms with van der Waals surface area (Å²) in [5, 5.41) is 3.42. The lowest BCUT2D eigenvalue weighted by molar-refractivity contribution is 0.562. The van der Waals surface area contributed by atoms with Crippen LogP contribution in [-0.2, 0) is 0 Å². The summed E-state index contributed by atoms with van der Waals surface area (Å²) in [6.45, 7) is 4.51. The Kier molecular flexibility index (Phi) is 5.27. The van der Waals surface area contributed by atoms with Gasteiger partial charge in [-0.05, 0) is 66.7 Å². The highest BCUT2D eigenvalue weighted by atomic mass is 14.8. The monoisotopic (exact) mass is 316 g/mol. The summed E-state index contributed by atoms with van der Waals surface area (Å²) in [6, 6.07) is 20.4. The van der Waals surface area contributed by atoms with E-state index >= 15 is 0 Å². The lowest BCUT2D eigenvalue weighted by Gasteiger charge is -2.24. The SMILES string of the molecule is CC1=C(C=Nc2ccccc2)CC(C)C/C1=C\Nc1ccccc1. The zero-order valence-corrected chi connectivity index (χ0v) is 14.4. The number of aliphatic imine (C=N–C) groups is 1. The van der Waals surface area contributed by atoms with Crippen molar-refractivity contribution in [2.24, 2.45) is 10.9 Å². The summed E-state index contributed by atoms with van der Waals surface area (Å²) in [4.78, 5) is 4.64. The molecular weight excluding hydrogens is 292 g/mol. The molecule has 0 radical (unpaired) electrons. The molecule has 3 rings (SSSR count). The summed E-state index contributed by atoms with van der Waals surface area (Å²) in [7, 11) is 0. The Morgan fingerprint density at radius 3 is 2.33 bits per heavy atom. The third kappa shape index (κ3) is 4.23. The van der Waals surface area contributed by atoms with Gasteiger partial charge in [0.25, 0.3) is 0 Å². The molecule has 0 bridgehead atoms. The second-order valence-corrected chi connectivity index (χ2v) is 6.44. The summed E-state index contributed by atoms with van der Waals surface area (Å²) >= 11 is 0. The second-order valence-electron chi connectivity index (χ2n) is 6.44. The van der Waals surface area contributed by atoms with Crippen LogP contribution in [0, 0.1) is 5.92 Å². The first-order valence-electron chi connectivity index (χ1n) is 8.52. The molecule has 1 atom stereocenters. The zero-order valence-electron chi connectivity index (χ0n) is 14.4. The maximum Gasteiger partial charge on any atom is 0.0629 e. The average molecular weight is 316 g/mol. The van der Waals surface area contributed by atoms with Crippen molar-refractivity contribution in [3.8, 4) is 0 Å². The number of nitrogens with zero attached hydrogens (tertiary/aromatic N) is 1. The standard InChI is InChI=1S/C22H24N2/c1-17-13-19(15-23-21-9-5-3-6-10-21)18(2)20(14-17)16-24-22-11-7-4-8-12-22/h3-12,15-17,23H,13-14H2,1-2H3/b19-15+,24-16?. The molecule has 0 spiro atoms. The fourth-order valence-electron chi connectivity index (χ4n) is 3.02. The van der Waals surface area contributed by atoms with E-state index < -0.39 is 0 Å². The molecule has 0 saturated heterocycles. The van der Waals surface area contributed by atoms with Gasteiger partial charge in [0, 0.05) is 18.1 Å². The van der Waals surface area contributed by atoms with Gasteiger partial charge < -0.3 is 5.32 Å². The van der Waals surface area contributed by atoms with Crippen LogP contribution in [0.1, 0.15) is 26.7 Å². The summed E-state index contributed by atoms with van der Waals surface area (Å²) in [5.74, 6) is 0.634. The Morgan fingerprint density at radius 1 is 0.958 bits per heavy atom. The van der Waals surface area contributed by atoms with Gasteiger partial charge in [0.2, 0.25) is 0 Å². The highest BCUT2D eigenvalue weighted by Gasteiger charge is 2.18. The molecule has 2 aromatic carbocycles. The van der Waals surface area contributed by atoms with E-state index in [9.17, 15) is 0 Å². The molecule has 122 valence electrons. The van der Waals surface area contributed by atoms with Gasteiger partial charge in [0.1, 0.15) is 0 Å². The quantitative estimate of drug-likeness (QED) is 0.674. The number of benzene rings is 2. The van der Waals surface area contributed by atoms with Crippen LogP contribution in [0.3, 0.4) is 0 Å². The fraction of sp³-hybridized carbons (Fsp3) is 0.227. The van der Waals surface area contributed by atoms with Crippen molar-refractivity contribution in [3.63, 3.8) is 0 Å². The predicted molar refractivity (Wildman–Crippen MR) is 104 cm³/mol. The topological polar surface area (TPSA) is 24.4 Å². The molecule has 0 aliphatic heterocycles. The second kappa shape index (κ2) is 7.78. The number of hydrogen-bond acceptors (Lipinski definition) is 2. The minimum atomic E-state index is 0.634. The highest BCUT2D eigenvalue weighted by molar-refractivity contribution is 5.83. The smallest absolute Gasteiger partial charge is 0.0629 e. The molecule has 2 aromatic rings. The van der Waals surface area contributed by atoms with Gasteiger partial charge in [0.15, 0.2) is 0 Å². The Morgan fingerprint density at radius 2 is 1.62 bits per heavy atom. The van der Waals surface area contributed by atoms with E-state index in [0.29, 0.717) is 5.92 Å². The van der Waals surface area contributed by atoms with Gasteiger partial charge >= 0.3 is 0 Å². The molecule has 0 heterocycles. The van der Waals surface area contributed by atoms with E-state index in [2.05, 4.69) is 42.5 Å². The van der Waals surface area contributed by atoms with E-state index in [1.54, 1.807) is 0 Å². The summed E-state index contributed by atoms with van der Waals surface area (Å²) < 4.78 is 0. The minimum Gasteiger partial charge on any atom is -0.361 e. The normalized spacial score (nSPS) is 19.9. The molecule has 1 unspecified atom stereocenters. The van der Waals surface area contributed by atoms with Crippen LogP contribution in [0.25, 0.3) is 0 Å². The molecule has 0 aromatic heterocycles. The predicted octanol–water partition coefficient (Wildman–Crippen LogP) is 6.13. The van der Waals surface area contributed by atoms with Crippen LogP contribution in [0.5, 0.6) is 0 Å². The van der Waals surface area contributed by atoms with E-state index in [1.807, 2.05) is 54.7 Å². The first-order valence-corrected chi connectivity index (χ1v) is 8.52. The number of rotatable bonds is 4. The Balaban J connectivity index is 1.81. The molecule has 0 amide bonds. The number of nitrogens with one attached hydrogen (secondary N) is 1. The molecule has 2 heteroatoms. The van der Waals surface area contributed by atoms with Crippen LogP contribution in [0.4, 0.5) is 11.4 Å². The van der Waals surface area contributed by atoms with Gasteiger partial charge in [-0.1, -0.05) is 43.3 Å². The first kappa shape index (κ1) is 16.3. The van der Waals surface area contributed by atoms with Gasteiger partial charge in [-0.2, -0.15) is 0 Å². The average Bonchev–Trinajstić information content (AvgIpc) is 2.62. The molecular formula is C22H24N2. The molecule has 24 heavy (non-hydrogen) atoms. The van der Waals surface area contributed by atoms with E-state index in [0.717, 1.165) is 24.2 Å². The molecule has 1 aliphatic rings. The van der Waals surface area contributed by atoms with Crippen molar-refractivity contribution in [1.29, 1.82) is 0 Å². The van der Waals surface area contributed by atoms with E-state index in [-0.39, 0.29) is 0 Å². The molecule has 0 saturated carbocycles. The number of para-hydroxylation sites is 2. The summed E-state index contributed by atoms with van der Waals surface area (Å²) in [5.41, 5.74) is 6.17. The molecule has 2 nitrogen and oxygen atoms in total. The van der Waals surface area contributed by atoms with Crippen LogP contribution < -0.4 is 5.32 Å². The van der Waals surface area contributed by atoms with Crippen LogP contribution in [0.15, 0.2) is 88.6 Å². The van der Waals surface area contributed by atoms with Crippen molar-refractivity contribution in [2.45, 2.75) is 26.7 Å². The number of allylic oxidation sites excluding steroid dienone is 3. The van der Waals surface area contributed by atoms with E-state index in [4.69, 9.17) is 0 Å². The molecule has 1 aliphatic carbocycles. The Hall–Kier alpha value is -2.61. The van der Waals surface area contributed by atoms with Gasteiger partial charge in [-0.25, -0.2) is 0 Å². The zero-order chi connectivity index (χ0) is 16.8. The van der Waals surface area contributed by atoms with Crippen LogP contribution in [0.2, 0.25) is 0 Å². The summed E-state index contributed by atoms with van der Waals surface area (Å²) in [6.07, 6.45) is 6.38. The lowest BCUT2D eigenvalue weighted by atomic mass is 9.82. The Bertz CT molecular complexity index is 755. The third-order valence-electron chi connectivity index (χ3n) is 4.41. The van der Waals surface area contributed by atoms with Crippen molar-refractivity contribution in [2.75, 3.05) is 5.32 Å². The lowest BCUT2D eigenvalue weighted by Crippen LogP contribution is -2.11. The van der Waals surface area contributed by atoms with Crippen LogP contribution >= 0.6 is 0 Å². The van der Waals surface area contributed by atoms with E-state index in [1.165, 1.54) is 16.7 Å². The maximum absolute atomic E-state index is 4.64. The van der Waals surface area contributed by atoms with Crippen LogP contribution in [-0.4, -0.2) is 6.21 Å². The highest BCUT2D eigenvalue weighted by Crippen LogP contribution is 2.32. The minimum absolute atomic E-state index is 0.634. The largest absolute Gasteiger partial charge is 0.361 e. The molecule has 0 fully saturated rings. The first-order chi connectivity index (χ1) is 11.7. The van der Waals surface area contributed by atoms with Crippen molar-refractivity contribution < 1.29 is 0 Å². The van der Waals surface area contributed by atoms with Gasteiger partial charge in [0.05, 0.1) is 5.69 Å². The van der Waals surface area contributed by atoms with Gasteiger partial charge in [-0.15, -0.1) is 0 Å². The van der Waals surface area contributed by atoms with Crippen molar-refractivity contribution in [3.05, 3.63) is 83.6 Å². The third-order valence-corrected chi connectivity index (χ3v) is 4.41. The number of hydrogen-bond donors (Lipinski definition) is 1. The van der Waals surface area contributed by atoms with Gasteiger partial charge in [-0.3, -0.25) is 4.99 Å². The van der Waals surface area contributed by atoms with Crippen molar-refractivity contribution >= 4 is 17.6 Å². The fourth-order valence-corrected chi connectivity index (χ4v) is 3.02.